The zero-order valence-electron chi connectivity index (χ0n) is 25.9. The standard InChI is InChI=1S/C34H40N6O5/c1-21(2)30-32(43)37-24(18-23-10-5-4-6-11-23)19-39(34(45)26-15-16-35-27-13-8-7-12-25(26)27)20-29(41)36-22(3)33(44)40-17-9-14-28(40)31(42)38-30/h4-8,10-13,15-16,21-22,24,28,30H,9,14,17-20H2,1-3H3,(H,36,41)(H,37,43)(H,38,42)/t22-,24-,28+,30-/m0/s1. The summed E-state index contributed by atoms with van der Waals surface area (Å²) in [6.45, 7) is 5.29. The molecule has 0 radical (unpaired) electrons. The van der Waals surface area contributed by atoms with Crippen LogP contribution in [0.2, 0.25) is 0 Å². The Hall–Kier alpha value is -4.80. The van der Waals surface area contributed by atoms with Crippen molar-refractivity contribution in [2.24, 2.45) is 5.92 Å². The summed E-state index contributed by atoms with van der Waals surface area (Å²) in [5.41, 5.74) is 1.93. The summed E-state index contributed by atoms with van der Waals surface area (Å²) in [5.74, 6) is -2.37. The molecule has 3 aromatic rings. The molecule has 3 N–H and O–H groups in total. The van der Waals surface area contributed by atoms with Gasteiger partial charge in [0.25, 0.3) is 5.91 Å². The van der Waals surface area contributed by atoms with Crippen LogP contribution >= 0.6 is 0 Å². The van der Waals surface area contributed by atoms with Crippen molar-refractivity contribution in [3.63, 3.8) is 0 Å². The lowest BCUT2D eigenvalue weighted by atomic mass is 10.00. The van der Waals surface area contributed by atoms with Crippen LogP contribution in [0.1, 0.15) is 49.5 Å². The molecule has 1 aromatic heterocycles. The Balaban J connectivity index is 1.54. The summed E-state index contributed by atoms with van der Waals surface area (Å²) in [7, 11) is 0. The van der Waals surface area contributed by atoms with Gasteiger partial charge in [-0.2, -0.15) is 0 Å². The minimum Gasteiger partial charge on any atom is -0.349 e. The van der Waals surface area contributed by atoms with Gasteiger partial charge in [0.1, 0.15) is 18.1 Å². The zero-order chi connectivity index (χ0) is 32.1. The Kier molecular flexibility index (Phi) is 9.75. The first kappa shape index (κ1) is 31.6. The molecule has 3 heterocycles. The van der Waals surface area contributed by atoms with E-state index in [-0.39, 0.29) is 24.9 Å². The van der Waals surface area contributed by atoms with Crippen LogP contribution in [-0.2, 0) is 25.6 Å². The molecule has 236 valence electrons. The molecule has 0 spiro atoms. The third-order valence-corrected chi connectivity index (χ3v) is 8.45. The van der Waals surface area contributed by atoms with E-state index in [1.807, 2.05) is 62.4 Å². The van der Waals surface area contributed by atoms with Crippen LogP contribution in [-0.4, -0.2) is 88.1 Å². The number of amides is 5. The second-order valence-electron chi connectivity index (χ2n) is 12.2. The van der Waals surface area contributed by atoms with E-state index in [2.05, 4.69) is 20.9 Å². The van der Waals surface area contributed by atoms with E-state index < -0.39 is 47.8 Å². The quantitative estimate of drug-likeness (QED) is 0.412. The number of benzene rings is 2. The summed E-state index contributed by atoms with van der Waals surface area (Å²) >= 11 is 0. The number of nitrogens with zero attached hydrogens (tertiary/aromatic N) is 3. The number of hydrogen-bond acceptors (Lipinski definition) is 6. The van der Waals surface area contributed by atoms with Crippen molar-refractivity contribution in [3.05, 3.63) is 78.0 Å². The molecule has 0 unspecified atom stereocenters. The van der Waals surface area contributed by atoms with Gasteiger partial charge in [-0.25, -0.2) is 0 Å². The average molecular weight is 613 g/mol. The van der Waals surface area contributed by atoms with Crippen LogP contribution in [0.4, 0.5) is 0 Å². The Morgan fingerprint density at radius 1 is 0.933 bits per heavy atom. The molecule has 2 saturated heterocycles. The third kappa shape index (κ3) is 7.30. The van der Waals surface area contributed by atoms with Gasteiger partial charge in [-0.15, -0.1) is 0 Å². The van der Waals surface area contributed by atoms with Crippen molar-refractivity contribution in [1.82, 2.24) is 30.7 Å². The molecule has 0 saturated carbocycles. The fourth-order valence-electron chi connectivity index (χ4n) is 6.15. The van der Waals surface area contributed by atoms with Crippen molar-refractivity contribution in [3.8, 4) is 0 Å². The summed E-state index contributed by atoms with van der Waals surface area (Å²) in [4.78, 5) is 75.7. The molecular formula is C34H40N6O5. The van der Waals surface area contributed by atoms with Crippen molar-refractivity contribution in [1.29, 1.82) is 0 Å². The lowest BCUT2D eigenvalue weighted by Crippen LogP contribution is -2.58. The maximum Gasteiger partial charge on any atom is 0.255 e. The first-order valence-corrected chi connectivity index (χ1v) is 15.5. The fraction of sp³-hybridized carbons (Fsp3) is 0.412. The highest BCUT2D eigenvalue weighted by molar-refractivity contribution is 6.07. The average Bonchev–Trinajstić information content (AvgIpc) is 3.52. The molecule has 11 nitrogen and oxygen atoms in total. The highest BCUT2D eigenvalue weighted by atomic mass is 16.2. The first-order chi connectivity index (χ1) is 21.6. The van der Waals surface area contributed by atoms with E-state index in [0.717, 1.165) is 5.56 Å². The van der Waals surface area contributed by atoms with Crippen LogP contribution in [0.3, 0.4) is 0 Å². The van der Waals surface area contributed by atoms with E-state index in [1.165, 1.54) is 9.80 Å². The number of para-hydroxylation sites is 1. The van der Waals surface area contributed by atoms with Crippen molar-refractivity contribution in [2.75, 3.05) is 19.6 Å². The number of rotatable bonds is 4. The molecule has 2 aliphatic heterocycles. The number of hydrogen-bond donors (Lipinski definition) is 3. The first-order valence-electron chi connectivity index (χ1n) is 15.5. The van der Waals surface area contributed by atoms with Crippen molar-refractivity contribution in [2.45, 2.75) is 64.2 Å². The Labute approximate surface area is 262 Å². The number of aromatic nitrogens is 1. The lowest BCUT2D eigenvalue weighted by molar-refractivity contribution is -0.142. The van der Waals surface area contributed by atoms with Gasteiger partial charge in [0.05, 0.1) is 23.7 Å². The van der Waals surface area contributed by atoms with Crippen LogP contribution in [0.15, 0.2) is 66.9 Å². The molecule has 4 atom stereocenters. The lowest BCUT2D eigenvalue weighted by Gasteiger charge is -2.31. The maximum absolute atomic E-state index is 14.2. The molecule has 5 amide bonds. The minimum absolute atomic E-state index is 0.000619. The monoisotopic (exact) mass is 612 g/mol. The molecule has 45 heavy (non-hydrogen) atoms. The van der Waals surface area contributed by atoms with E-state index in [4.69, 9.17) is 0 Å². The third-order valence-electron chi connectivity index (χ3n) is 8.45. The van der Waals surface area contributed by atoms with Gasteiger partial charge < -0.3 is 25.8 Å². The zero-order valence-corrected chi connectivity index (χ0v) is 25.9. The van der Waals surface area contributed by atoms with Crippen molar-refractivity contribution < 1.29 is 24.0 Å². The van der Waals surface area contributed by atoms with Crippen LogP contribution in [0.5, 0.6) is 0 Å². The molecule has 2 aromatic carbocycles. The van der Waals surface area contributed by atoms with E-state index >= 15 is 0 Å². The summed E-state index contributed by atoms with van der Waals surface area (Å²) in [5, 5.41) is 9.36. The molecule has 2 fully saturated rings. The number of pyridine rings is 1. The molecule has 5 rings (SSSR count). The summed E-state index contributed by atoms with van der Waals surface area (Å²) < 4.78 is 0. The van der Waals surface area contributed by atoms with Crippen LogP contribution < -0.4 is 16.0 Å². The van der Waals surface area contributed by atoms with E-state index in [1.54, 1.807) is 25.3 Å². The molecule has 0 bridgehead atoms. The summed E-state index contributed by atoms with van der Waals surface area (Å²) in [6, 6.07) is 15.3. The van der Waals surface area contributed by atoms with Gasteiger partial charge in [-0.1, -0.05) is 62.4 Å². The predicted octanol–water partition coefficient (Wildman–Crippen LogP) is 2.05. The number of carbonyl (C=O) groups is 5. The molecular weight excluding hydrogens is 572 g/mol. The number of fused-ring (bicyclic) bond motifs is 2. The van der Waals surface area contributed by atoms with Gasteiger partial charge in [-0.3, -0.25) is 29.0 Å². The van der Waals surface area contributed by atoms with Gasteiger partial charge in [0.15, 0.2) is 0 Å². The smallest absolute Gasteiger partial charge is 0.255 e. The predicted molar refractivity (Wildman–Crippen MR) is 169 cm³/mol. The van der Waals surface area contributed by atoms with Crippen LogP contribution in [0.25, 0.3) is 10.9 Å². The molecule has 2 aliphatic rings. The fourth-order valence-corrected chi connectivity index (χ4v) is 6.15. The number of nitrogens with one attached hydrogen (secondary N) is 3. The Bertz CT molecular complexity index is 1570. The van der Waals surface area contributed by atoms with Crippen LogP contribution in [0, 0.1) is 5.92 Å². The van der Waals surface area contributed by atoms with E-state index in [9.17, 15) is 24.0 Å². The Morgan fingerprint density at radius 2 is 1.67 bits per heavy atom. The van der Waals surface area contributed by atoms with E-state index in [0.29, 0.717) is 42.3 Å². The van der Waals surface area contributed by atoms with Crippen molar-refractivity contribution >= 4 is 40.4 Å². The van der Waals surface area contributed by atoms with Gasteiger partial charge in [0, 0.05) is 24.7 Å². The molecule has 0 aliphatic carbocycles. The maximum atomic E-state index is 14.2. The van der Waals surface area contributed by atoms with Gasteiger partial charge in [0.2, 0.25) is 23.6 Å². The SMILES string of the molecule is CC(C)[C@@H]1NC(=O)[C@H]2CCCN2C(=O)[C@H](C)NC(=O)CN(C(=O)c2ccnc3ccccc23)C[C@H](Cc2ccccc2)NC1=O. The minimum atomic E-state index is -0.921. The Morgan fingerprint density at radius 3 is 2.42 bits per heavy atom. The normalized spacial score (nSPS) is 23.6. The topological polar surface area (TPSA) is 141 Å². The largest absolute Gasteiger partial charge is 0.349 e. The van der Waals surface area contributed by atoms with Gasteiger partial charge >= 0.3 is 0 Å². The second-order valence-corrected chi connectivity index (χ2v) is 12.2. The summed E-state index contributed by atoms with van der Waals surface area (Å²) in [6.07, 6.45) is 3.02. The highest BCUT2D eigenvalue weighted by Gasteiger charge is 2.39. The van der Waals surface area contributed by atoms with Gasteiger partial charge in [-0.05, 0) is 49.8 Å². The second kappa shape index (κ2) is 13.9. The number of carbonyl (C=O) groups excluding carboxylic acids is 5. The molecule has 11 heteroatoms. The highest BCUT2D eigenvalue weighted by Crippen LogP contribution is 2.21.